The highest BCUT2D eigenvalue weighted by Gasteiger charge is 2.62. The first-order chi connectivity index (χ1) is 21.7. The van der Waals surface area contributed by atoms with Gasteiger partial charge in [0.1, 0.15) is 5.60 Å². The number of anilines is 1. The van der Waals surface area contributed by atoms with Gasteiger partial charge in [-0.05, 0) is 105 Å². The number of unbranched alkanes of at least 4 members (excludes halogenated alkanes) is 7. The number of ether oxygens (including phenoxy) is 1. The molecular weight excluding hydrogens is 558 g/mol. The van der Waals surface area contributed by atoms with E-state index in [4.69, 9.17) is 4.74 Å². The summed E-state index contributed by atoms with van der Waals surface area (Å²) in [5.41, 5.74) is 5.70. The molecule has 0 aliphatic heterocycles. The quantitative estimate of drug-likeness (QED) is 0.137. The second-order valence-corrected chi connectivity index (χ2v) is 14.4. The third-order valence-corrected chi connectivity index (χ3v) is 11.8. The fraction of sp³-hybridized carbons (Fsp3) is 0.650. The van der Waals surface area contributed by atoms with Gasteiger partial charge in [0.2, 0.25) is 0 Å². The third-order valence-electron chi connectivity index (χ3n) is 11.8. The Labute approximate surface area is 271 Å². The van der Waals surface area contributed by atoms with Crippen molar-refractivity contribution in [1.29, 1.82) is 0 Å². The normalized spacial score (nSPS) is 28.8. The second-order valence-electron chi connectivity index (χ2n) is 14.4. The van der Waals surface area contributed by atoms with E-state index in [1.54, 1.807) is 5.57 Å². The van der Waals surface area contributed by atoms with Crippen LogP contribution in [0.2, 0.25) is 0 Å². The number of benzene rings is 1. The number of rotatable bonds is 13. The number of carbonyl (C=O) groups is 2. The molecule has 0 amide bonds. The molecule has 5 atom stereocenters. The summed E-state index contributed by atoms with van der Waals surface area (Å²) in [6.45, 7) is 5.21. The molecule has 5 heteroatoms. The maximum atomic E-state index is 12.4. The average molecular weight is 614 g/mol. The standard InChI is InChI=1S/C40H55NO4/c1-5-24-40(44)25-23-36-34-21-17-30-27-32(42)20-22-33(30)38(34)35(28-39(36,40)2)29-15-18-31(19-16-29)41(3)26-13-11-9-7-6-8-10-12-14-37(43)45-4/h15-16,18-19,27,34-36,44H,6-14,17,20-23,25-26,28H2,1-4H3/t34-,35+,36-,39-,40-/m0/s1. The molecule has 1 N–H and O–H groups in total. The van der Waals surface area contributed by atoms with E-state index in [2.05, 4.69) is 55.0 Å². The van der Waals surface area contributed by atoms with Crippen molar-refractivity contribution in [2.45, 2.75) is 128 Å². The van der Waals surface area contributed by atoms with Gasteiger partial charge in [-0.3, -0.25) is 9.59 Å². The molecule has 1 aromatic rings. The molecule has 244 valence electrons. The van der Waals surface area contributed by atoms with Crippen LogP contribution in [-0.4, -0.2) is 43.2 Å². The Balaban J connectivity index is 1.23. The zero-order valence-corrected chi connectivity index (χ0v) is 28.3. The number of carbonyl (C=O) groups excluding carboxylic acids is 2. The smallest absolute Gasteiger partial charge is 0.305 e. The average Bonchev–Trinajstić information content (AvgIpc) is 3.30. The lowest BCUT2D eigenvalue weighted by Gasteiger charge is -2.53. The van der Waals surface area contributed by atoms with Gasteiger partial charge in [-0.15, -0.1) is 5.92 Å². The van der Waals surface area contributed by atoms with Gasteiger partial charge < -0.3 is 14.7 Å². The summed E-state index contributed by atoms with van der Waals surface area (Å²) < 4.78 is 4.71. The van der Waals surface area contributed by atoms with Crippen LogP contribution in [0, 0.1) is 29.1 Å². The maximum Gasteiger partial charge on any atom is 0.305 e. The van der Waals surface area contributed by atoms with E-state index < -0.39 is 5.60 Å². The molecule has 0 radical (unpaired) electrons. The number of hydrogen-bond acceptors (Lipinski definition) is 5. The molecule has 5 nitrogen and oxygen atoms in total. The van der Waals surface area contributed by atoms with Crippen LogP contribution < -0.4 is 4.90 Å². The number of nitrogens with zero attached hydrogens (tertiary/aromatic N) is 1. The fourth-order valence-corrected chi connectivity index (χ4v) is 9.25. The number of esters is 1. The number of hydrogen-bond donors (Lipinski definition) is 1. The Kier molecular flexibility index (Phi) is 11.0. The van der Waals surface area contributed by atoms with E-state index in [1.807, 2.05) is 13.0 Å². The van der Waals surface area contributed by atoms with Gasteiger partial charge >= 0.3 is 5.97 Å². The Hall–Kier alpha value is -2.84. The van der Waals surface area contributed by atoms with E-state index in [0.717, 1.165) is 57.9 Å². The molecular formula is C40H55NO4. The van der Waals surface area contributed by atoms with Crippen molar-refractivity contribution >= 4 is 17.4 Å². The first kappa shape index (κ1) is 33.5. The lowest BCUT2D eigenvalue weighted by molar-refractivity contribution is -0.140. The molecule has 5 rings (SSSR count). The van der Waals surface area contributed by atoms with E-state index in [1.165, 1.54) is 68.0 Å². The van der Waals surface area contributed by atoms with Crippen molar-refractivity contribution in [3.8, 4) is 11.8 Å². The van der Waals surface area contributed by atoms with E-state index in [9.17, 15) is 14.7 Å². The van der Waals surface area contributed by atoms with Crippen molar-refractivity contribution in [2.24, 2.45) is 17.3 Å². The highest BCUT2D eigenvalue weighted by molar-refractivity contribution is 5.93. The molecule has 0 bridgehead atoms. The minimum Gasteiger partial charge on any atom is -0.469 e. The molecule has 2 fully saturated rings. The molecule has 4 aliphatic carbocycles. The largest absolute Gasteiger partial charge is 0.469 e. The topological polar surface area (TPSA) is 66.8 Å². The molecule has 0 aromatic heterocycles. The predicted octanol–water partition coefficient (Wildman–Crippen LogP) is 8.46. The van der Waals surface area contributed by atoms with Crippen molar-refractivity contribution in [2.75, 3.05) is 25.6 Å². The van der Waals surface area contributed by atoms with Crippen LogP contribution in [0.15, 0.2) is 47.1 Å². The molecule has 1 aromatic carbocycles. The lowest BCUT2D eigenvalue weighted by atomic mass is 9.51. The minimum absolute atomic E-state index is 0.0975. The zero-order valence-electron chi connectivity index (χ0n) is 28.3. The van der Waals surface area contributed by atoms with E-state index in [-0.39, 0.29) is 23.1 Å². The highest BCUT2D eigenvalue weighted by atomic mass is 16.5. The summed E-state index contributed by atoms with van der Waals surface area (Å²) in [5, 5.41) is 11.9. The number of methoxy groups -OCH3 is 1. The van der Waals surface area contributed by atoms with Crippen molar-refractivity contribution in [1.82, 2.24) is 0 Å². The Bertz CT molecular complexity index is 1350. The van der Waals surface area contributed by atoms with Crippen molar-refractivity contribution in [3.05, 3.63) is 52.6 Å². The number of aliphatic hydroxyl groups is 1. The summed E-state index contributed by atoms with van der Waals surface area (Å²) in [4.78, 5) is 25.9. The summed E-state index contributed by atoms with van der Waals surface area (Å²) in [7, 11) is 3.65. The van der Waals surface area contributed by atoms with Gasteiger partial charge in [-0.2, -0.15) is 0 Å². The molecule has 0 unspecified atom stereocenters. The van der Waals surface area contributed by atoms with Crippen molar-refractivity contribution in [3.63, 3.8) is 0 Å². The summed E-state index contributed by atoms with van der Waals surface area (Å²) >= 11 is 0. The van der Waals surface area contributed by atoms with Gasteiger partial charge in [-0.1, -0.05) is 69.1 Å². The summed E-state index contributed by atoms with van der Waals surface area (Å²) in [6.07, 6.45) is 18.1. The van der Waals surface area contributed by atoms with Crippen LogP contribution in [0.3, 0.4) is 0 Å². The molecule has 0 heterocycles. The van der Waals surface area contributed by atoms with Crippen LogP contribution in [0.1, 0.15) is 128 Å². The van der Waals surface area contributed by atoms with Gasteiger partial charge in [-0.25, -0.2) is 0 Å². The summed E-state index contributed by atoms with van der Waals surface area (Å²) in [6, 6.07) is 9.23. The molecule has 2 saturated carbocycles. The zero-order chi connectivity index (χ0) is 32.0. The molecule has 45 heavy (non-hydrogen) atoms. The predicted molar refractivity (Wildman–Crippen MR) is 182 cm³/mol. The fourth-order valence-electron chi connectivity index (χ4n) is 9.25. The Morgan fingerprint density at radius 2 is 1.69 bits per heavy atom. The van der Waals surface area contributed by atoms with E-state index in [0.29, 0.717) is 24.7 Å². The Morgan fingerprint density at radius 1 is 1.00 bits per heavy atom. The van der Waals surface area contributed by atoms with Crippen LogP contribution in [0.5, 0.6) is 0 Å². The molecule has 0 spiro atoms. The SMILES string of the molecule is CC#C[C@]1(O)CC[C@H]2[C@@H]3CCC4=CC(=O)CCC4=C3[C@@H](c3ccc(N(C)CCCCCCCCCCC(=O)OC)cc3)C[C@@]21C. The van der Waals surface area contributed by atoms with Gasteiger partial charge in [0.05, 0.1) is 7.11 Å². The maximum absolute atomic E-state index is 12.4. The summed E-state index contributed by atoms with van der Waals surface area (Å²) in [5.74, 6) is 7.64. The van der Waals surface area contributed by atoms with Crippen LogP contribution in [-0.2, 0) is 14.3 Å². The first-order valence-electron chi connectivity index (χ1n) is 17.7. The third kappa shape index (κ3) is 7.12. The number of allylic oxidation sites excluding steroid dienone is 4. The number of ketones is 1. The van der Waals surface area contributed by atoms with Gasteiger partial charge in [0.15, 0.2) is 5.78 Å². The van der Waals surface area contributed by atoms with Crippen molar-refractivity contribution < 1.29 is 19.4 Å². The number of fused-ring (bicyclic) bond motifs is 4. The van der Waals surface area contributed by atoms with Gasteiger partial charge in [0, 0.05) is 43.5 Å². The lowest BCUT2D eigenvalue weighted by Crippen LogP contribution is -2.51. The second kappa shape index (κ2) is 14.7. The van der Waals surface area contributed by atoms with E-state index >= 15 is 0 Å². The highest BCUT2D eigenvalue weighted by Crippen LogP contribution is 2.66. The Morgan fingerprint density at radius 3 is 2.38 bits per heavy atom. The minimum atomic E-state index is -0.940. The first-order valence-corrected chi connectivity index (χ1v) is 17.7. The van der Waals surface area contributed by atoms with Crippen LogP contribution in [0.25, 0.3) is 0 Å². The van der Waals surface area contributed by atoms with Crippen LogP contribution >= 0.6 is 0 Å². The molecule has 0 saturated heterocycles. The van der Waals surface area contributed by atoms with Crippen LogP contribution in [0.4, 0.5) is 5.69 Å². The monoisotopic (exact) mass is 613 g/mol. The molecule has 4 aliphatic rings. The van der Waals surface area contributed by atoms with Gasteiger partial charge in [0.25, 0.3) is 0 Å².